The van der Waals surface area contributed by atoms with Gasteiger partial charge in [0.1, 0.15) is 0 Å². The highest BCUT2D eigenvalue weighted by atomic mass is 35.5. The molecule has 0 saturated heterocycles. The van der Waals surface area contributed by atoms with Gasteiger partial charge in [0.15, 0.2) is 11.8 Å². The fourth-order valence-electron chi connectivity index (χ4n) is 2.01. The summed E-state index contributed by atoms with van der Waals surface area (Å²) in [5, 5.41) is 3.47. The minimum Gasteiger partial charge on any atom is -0.463 e. The minimum atomic E-state index is -0.134. The summed E-state index contributed by atoms with van der Waals surface area (Å²) in [6.45, 7) is 0.501. The lowest BCUT2D eigenvalue weighted by Gasteiger charge is -2.19. The molecule has 1 atom stereocenters. The first-order chi connectivity index (χ1) is 9.58. The number of hydrogen-bond donors (Lipinski definition) is 2. The van der Waals surface area contributed by atoms with E-state index < -0.39 is 0 Å². The Morgan fingerprint density at radius 2 is 2.15 bits per heavy atom. The standard InChI is InChI=1S/C15H17ClN2O2/c1-18(2)13(14-7-4-8-20-14)10-17-15(19)11-5-3-6-12(16)9-11/h3-9,13H,10H2,1-2H3,(H,17,19)/p+1/t13-/m0/s1. The molecule has 1 heterocycles. The van der Waals surface area contributed by atoms with Gasteiger partial charge >= 0.3 is 0 Å². The Labute approximate surface area is 123 Å². The molecule has 0 spiro atoms. The summed E-state index contributed by atoms with van der Waals surface area (Å²) in [5.41, 5.74) is 0.560. The normalized spacial score (nSPS) is 12.4. The number of hydrogen-bond acceptors (Lipinski definition) is 2. The molecule has 0 aliphatic rings. The Morgan fingerprint density at radius 3 is 2.75 bits per heavy atom. The van der Waals surface area contributed by atoms with Crippen molar-refractivity contribution in [1.82, 2.24) is 5.32 Å². The van der Waals surface area contributed by atoms with Gasteiger partial charge in [-0.25, -0.2) is 0 Å². The Bertz CT molecular complexity index is 567. The van der Waals surface area contributed by atoms with Crippen LogP contribution in [-0.2, 0) is 0 Å². The van der Waals surface area contributed by atoms with Crippen LogP contribution in [0.3, 0.4) is 0 Å². The van der Waals surface area contributed by atoms with Gasteiger partial charge in [-0.2, -0.15) is 0 Å². The molecular formula is C15H18ClN2O2+. The monoisotopic (exact) mass is 293 g/mol. The van der Waals surface area contributed by atoms with Crippen LogP contribution in [0.4, 0.5) is 0 Å². The third kappa shape index (κ3) is 3.62. The lowest BCUT2D eigenvalue weighted by molar-refractivity contribution is -0.891. The summed E-state index contributed by atoms with van der Waals surface area (Å²) in [4.78, 5) is 13.3. The molecule has 1 aromatic heterocycles. The number of nitrogens with one attached hydrogen (secondary N) is 2. The van der Waals surface area contributed by atoms with Crippen molar-refractivity contribution in [2.45, 2.75) is 6.04 Å². The number of rotatable bonds is 5. The van der Waals surface area contributed by atoms with E-state index in [-0.39, 0.29) is 11.9 Å². The molecule has 106 valence electrons. The fourth-order valence-corrected chi connectivity index (χ4v) is 2.20. The first-order valence-corrected chi connectivity index (χ1v) is 6.83. The van der Waals surface area contributed by atoms with Crippen molar-refractivity contribution >= 4 is 17.5 Å². The Morgan fingerprint density at radius 1 is 1.35 bits per heavy atom. The number of amides is 1. The van der Waals surface area contributed by atoms with Crippen molar-refractivity contribution in [3.63, 3.8) is 0 Å². The second-order valence-corrected chi connectivity index (χ2v) is 5.30. The van der Waals surface area contributed by atoms with Crippen LogP contribution in [0.25, 0.3) is 0 Å². The molecule has 0 radical (unpaired) electrons. The number of halogens is 1. The molecule has 0 fully saturated rings. The summed E-state index contributed by atoms with van der Waals surface area (Å²) in [6.07, 6.45) is 1.64. The average molecular weight is 294 g/mol. The van der Waals surface area contributed by atoms with Crippen LogP contribution in [-0.4, -0.2) is 26.5 Å². The molecule has 5 heteroatoms. The smallest absolute Gasteiger partial charge is 0.251 e. The van der Waals surface area contributed by atoms with Gasteiger partial charge in [0.05, 0.1) is 26.9 Å². The lowest BCUT2D eigenvalue weighted by atomic mass is 10.2. The Kier molecular flexibility index (Phi) is 4.82. The van der Waals surface area contributed by atoms with Gasteiger partial charge < -0.3 is 14.6 Å². The molecule has 0 aliphatic heterocycles. The van der Waals surface area contributed by atoms with E-state index in [1.807, 2.05) is 26.2 Å². The molecule has 2 N–H and O–H groups in total. The first kappa shape index (κ1) is 14.6. The number of furan rings is 1. The van der Waals surface area contributed by atoms with Crippen molar-refractivity contribution in [2.75, 3.05) is 20.6 Å². The number of quaternary nitrogens is 1. The van der Waals surface area contributed by atoms with Gasteiger partial charge in [-0.05, 0) is 30.3 Å². The number of carbonyl (C=O) groups is 1. The lowest BCUT2D eigenvalue weighted by Crippen LogP contribution is -3.07. The highest BCUT2D eigenvalue weighted by molar-refractivity contribution is 6.30. The first-order valence-electron chi connectivity index (χ1n) is 6.45. The number of likely N-dealkylation sites (N-methyl/N-ethyl adjacent to an activating group) is 1. The molecule has 2 rings (SSSR count). The SMILES string of the molecule is C[NH+](C)[C@@H](CNC(=O)c1cccc(Cl)c1)c1ccco1. The van der Waals surface area contributed by atoms with Gasteiger partial charge in [-0.3, -0.25) is 4.79 Å². The third-order valence-electron chi connectivity index (χ3n) is 3.14. The van der Waals surface area contributed by atoms with Crippen LogP contribution in [0.5, 0.6) is 0 Å². The summed E-state index contributed by atoms with van der Waals surface area (Å²) in [6, 6.07) is 10.8. The van der Waals surface area contributed by atoms with Crippen LogP contribution in [0.1, 0.15) is 22.2 Å². The Hall–Kier alpha value is -1.78. The predicted octanol–water partition coefficient (Wildman–Crippen LogP) is 1.55. The van der Waals surface area contributed by atoms with Crippen LogP contribution < -0.4 is 10.2 Å². The number of benzene rings is 1. The molecule has 0 aliphatic carbocycles. The molecule has 2 aromatic rings. The minimum absolute atomic E-state index is 0.0770. The van der Waals surface area contributed by atoms with Crippen molar-refractivity contribution in [3.8, 4) is 0 Å². The van der Waals surface area contributed by atoms with E-state index in [9.17, 15) is 4.79 Å². The quantitative estimate of drug-likeness (QED) is 0.879. The maximum Gasteiger partial charge on any atom is 0.251 e. The highest BCUT2D eigenvalue weighted by Crippen LogP contribution is 2.12. The zero-order chi connectivity index (χ0) is 14.5. The van der Waals surface area contributed by atoms with E-state index >= 15 is 0 Å². The van der Waals surface area contributed by atoms with E-state index in [2.05, 4.69) is 5.32 Å². The second kappa shape index (κ2) is 6.59. The highest BCUT2D eigenvalue weighted by Gasteiger charge is 2.21. The largest absolute Gasteiger partial charge is 0.463 e. The fraction of sp³-hybridized carbons (Fsp3) is 0.267. The van der Waals surface area contributed by atoms with E-state index in [4.69, 9.17) is 16.0 Å². The molecule has 20 heavy (non-hydrogen) atoms. The van der Waals surface area contributed by atoms with Crippen molar-refractivity contribution in [3.05, 3.63) is 59.0 Å². The summed E-state index contributed by atoms with van der Waals surface area (Å²) in [5.74, 6) is 0.724. The topological polar surface area (TPSA) is 46.7 Å². The van der Waals surface area contributed by atoms with Gasteiger partial charge in [-0.15, -0.1) is 0 Å². The van der Waals surface area contributed by atoms with Crippen LogP contribution in [0, 0.1) is 0 Å². The maximum absolute atomic E-state index is 12.1. The van der Waals surface area contributed by atoms with Crippen molar-refractivity contribution < 1.29 is 14.1 Å². The molecule has 1 amide bonds. The van der Waals surface area contributed by atoms with Gasteiger partial charge in [0.2, 0.25) is 0 Å². The zero-order valence-corrected chi connectivity index (χ0v) is 12.3. The van der Waals surface area contributed by atoms with Gasteiger partial charge in [0, 0.05) is 10.6 Å². The second-order valence-electron chi connectivity index (χ2n) is 4.87. The van der Waals surface area contributed by atoms with Crippen LogP contribution >= 0.6 is 11.6 Å². The molecule has 1 aromatic carbocycles. The van der Waals surface area contributed by atoms with Crippen molar-refractivity contribution in [2.24, 2.45) is 0 Å². The Balaban J connectivity index is 2.01. The van der Waals surface area contributed by atoms with Crippen molar-refractivity contribution in [1.29, 1.82) is 0 Å². The summed E-state index contributed by atoms with van der Waals surface area (Å²) in [7, 11) is 4.05. The molecule has 0 unspecified atom stereocenters. The zero-order valence-electron chi connectivity index (χ0n) is 11.5. The third-order valence-corrected chi connectivity index (χ3v) is 3.37. The predicted molar refractivity (Wildman–Crippen MR) is 78.0 cm³/mol. The van der Waals surface area contributed by atoms with E-state index in [1.54, 1.807) is 30.5 Å². The molecule has 0 bridgehead atoms. The van der Waals surface area contributed by atoms with Crippen LogP contribution in [0.15, 0.2) is 47.1 Å². The maximum atomic E-state index is 12.1. The van der Waals surface area contributed by atoms with Crippen LogP contribution in [0.2, 0.25) is 5.02 Å². The number of carbonyl (C=O) groups excluding carboxylic acids is 1. The van der Waals surface area contributed by atoms with E-state index in [0.29, 0.717) is 17.1 Å². The van der Waals surface area contributed by atoms with Gasteiger partial charge in [0.25, 0.3) is 5.91 Å². The molecular weight excluding hydrogens is 276 g/mol. The average Bonchev–Trinajstić information content (AvgIpc) is 2.92. The summed E-state index contributed by atoms with van der Waals surface area (Å²) >= 11 is 5.88. The van der Waals surface area contributed by atoms with E-state index in [1.165, 1.54) is 4.90 Å². The molecule has 4 nitrogen and oxygen atoms in total. The van der Waals surface area contributed by atoms with E-state index in [0.717, 1.165) is 5.76 Å². The molecule has 0 saturated carbocycles. The summed E-state index contributed by atoms with van der Waals surface area (Å²) < 4.78 is 5.42. The van der Waals surface area contributed by atoms with Gasteiger partial charge in [-0.1, -0.05) is 17.7 Å².